The molecule has 3 rings (SSSR count). The number of piperidine rings is 1. The van der Waals surface area contributed by atoms with E-state index in [-0.39, 0.29) is 12.0 Å². The van der Waals surface area contributed by atoms with Gasteiger partial charge in [-0.3, -0.25) is 0 Å². The molecule has 1 aliphatic rings. The number of nitrogens with zero attached hydrogens (tertiary/aromatic N) is 1. The summed E-state index contributed by atoms with van der Waals surface area (Å²) in [7, 11) is -2.28. The number of hydrogen-bond acceptors (Lipinski definition) is 4. The highest BCUT2D eigenvalue weighted by Crippen LogP contribution is 2.37. The molecule has 1 amide bonds. The van der Waals surface area contributed by atoms with E-state index in [1.165, 1.54) is 24.1 Å². The van der Waals surface area contributed by atoms with E-state index >= 15 is 0 Å². The number of sulfonamides is 1. The van der Waals surface area contributed by atoms with E-state index in [1.807, 2.05) is 0 Å². The Morgan fingerprint density at radius 2 is 1.91 bits per heavy atom. The maximum Gasteiger partial charge on any atom is 0.417 e. The topological polar surface area (TPSA) is 75.7 Å². The van der Waals surface area contributed by atoms with E-state index in [4.69, 9.17) is 4.74 Å². The van der Waals surface area contributed by atoms with Gasteiger partial charge in [0.15, 0.2) is 0 Å². The number of rotatable bonds is 5. The van der Waals surface area contributed by atoms with Crippen molar-refractivity contribution in [2.45, 2.75) is 37.5 Å². The van der Waals surface area contributed by atoms with Crippen LogP contribution in [0.3, 0.4) is 0 Å². The largest absolute Gasteiger partial charge is 0.453 e. The van der Waals surface area contributed by atoms with Gasteiger partial charge in [-0.15, -0.1) is 0 Å². The fraction of sp³-hybridized carbons (Fsp3) is 0.409. The fourth-order valence-electron chi connectivity index (χ4n) is 4.16. The summed E-state index contributed by atoms with van der Waals surface area (Å²) in [6, 6.07) is 10.9. The molecule has 6 nitrogen and oxygen atoms in total. The van der Waals surface area contributed by atoms with E-state index in [2.05, 4.69) is 4.72 Å². The van der Waals surface area contributed by atoms with Gasteiger partial charge in [0.1, 0.15) is 0 Å². The highest BCUT2D eigenvalue weighted by atomic mass is 32.2. The first-order valence-corrected chi connectivity index (χ1v) is 12.0. The number of benzene rings is 2. The summed E-state index contributed by atoms with van der Waals surface area (Å²) < 4.78 is 71.6. The van der Waals surface area contributed by atoms with Crippen LogP contribution in [0.1, 0.15) is 24.0 Å². The van der Waals surface area contributed by atoms with Gasteiger partial charge < -0.3 is 9.64 Å². The summed E-state index contributed by atoms with van der Waals surface area (Å²) in [5, 5.41) is 0. The molecule has 2 aromatic rings. The van der Waals surface area contributed by atoms with Crippen LogP contribution >= 0.6 is 0 Å². The molecular weight excluding hydrogens is 445 g/mol. The van der Waals surface area contributed by atoms with Crippen LogP contribution in [0.25, 0.3) is 11.1 Å². The molecular formula is C22H25F3N2O4S. The molecule has 0 unspecified atom stereocenters. The van der Waals surface area contributed by atoms with Crippen LogP contribution in [0, 0.1) is 0 Å². The molecule has 0 aromatic heterocycles. The number of methoxy groups -OCH3 is 1. The zero-order valence-electron chi connectivity index (χ0n) is 17.7. The number of carbonyl (C=O) groups excluding carboxylic acids is 1. The zero-order chi connectivity index (χ0) is 23.5. The molecule has 1 fully saturated rings. The fourth-order valence-corrected chi connectivity index (χ4v) is 4.98. The van der Waals surface area contributed by atoms with E-state index in [0.717, 1.165) is 12.3 Å². The number of likely N-dealkylation sites (tertiary alicyclic amines) is 1. The minimum atomic E-state index is -4.50. The van der Waals surface area contributed by atoms with Crippen molar-refractivity contribution >= 4 is 16.1 Å². The molecule has 174 valence electrons. The molecule has 1 heterocycles. The minimum absolute atomic E-state index is 0.0566. The predicted octanol–water partition coefficient (Wildman–Crippen LogP) is 4.06. The van der Waals surface area contributed by atoms with Crippen LogP contribution in [-0.4, -0.2) is 51.4 Å². The van der Waals surface area contributed by atoms with Gasteiger partial charge in [0.05, 0.1) is 25.0 Å². The van der Waals surface area contributed by atoms with Gasteiger partial charge >= 0.3 is 12.3 Å². The second kappa shape index (κ2) is 9.50. The zero-order valence-corrected chi connectivity index (χ0v) is 18.5. The van der Waals surface area contributed by atoms with Crippen molar-refractivity contribution in [2.75, 3.05) is 19.9 Å². The van der Waals surface area contributed by atoms with Crippen molar-refractivity contribution < 1.29 is 31.1 Å². The Labute approximate surface area is 185 Å². The lowest BCUT2D eigenvalue weighted by Crippen LogP contribution is -2.57. The molecule has 10 heteroatoms. The first-order valence-electron chi connectivity index (χ1n) is 10.1. The molecule has 0 aliphatic carbocycles. The quantitative estimate of drug-likeness (QED) is 0.715. The Bertz CT molecular complexity index is 1070. The van der Waals surface area contributed by atoms with Crippen molar-refractivity contribution in [1.29, 1.82) is 0 Å². The van der Waals surface area contributed by atoms with Crippen molar-refractivity contribution in [3.63, 3.8) is 0 Å². The highest BCUT2D eigenvalue weighted by Gasteiger charge is 2.37. The normalized spacial score (nSPS) is 19.6. The molecule has 1 aliphatic heterocycles. The van der Waals surface area contributed by atoms with Crippen LogP contribution in [0.15, 0.2) is 48.5 Å². The summed E-state index contributed by atoms with van der Waals surface area (Å²) in [5.74, 6) is 0. The van der Waals surface area contributed by atoms with Crippen molar-refractivity contribution in [1.82, 2.24) is 9.62 Å². The Balaban J connectivity index is 1.96. The monoisotopic (exact) mass is 470 g/mol. The number of carbonyl (C=O) groups is 1. The van der Waals surface area contributed by atoms with Crippen LogP contribution in [0.4, 0.5) is 18.0 Å². The Morgan fingerprint density at radius 3 is 2.56 bits per heavy atom. The van der Waals surface area contributed by atoms with Crippen LogP contribution in [-0.2, 0) is 27.4 Å². The van der Waals surface area contributed by atoms with Crippen LogP contribution in [0.2, 0.25) is 0 Å². The van der Waals surface area contributed by atoms with Gasteiger partial charge in [0.25, 0.3) is 0 Å². The summed E-state index contributed by atoms with van der Waals surface area (Å²) in [6.07, 6.45) is -2.64. The molecule has 1 saturated heterocycles. The average molecular weight is 471 g/mol. The molecule has 32 heavy (non-hydrogen) atoms. The molecule has 0 radical (unpaired) electrons. The number of halogens is 3. The molecule has 0 spiro atoms. The lowest BCUT2D eigenvalue weighted by Gasteiger charge is -2.40. The van der Waals surface area contributed by atoms with Gasteiger partial charge in [-0.05, 0) is 42.0 Å². The Hall–Kier alpha value is -2.59. The second-order valence-corrected chi connectivity index (χ2v) is 9.60. The Morgan fingerprint density at radius 1 is 1.19 bits per heavy atom. The molecule has 1 N–H and O–H groups in total. The number of ether oxygens (including phenoxy) is 1. The average Bonchev–Trinajstić information content (AvgIpc) is 2.73. The third-order valence-corrected chi connectivity index (χ3v) is 6.20. The summed E-state index contributed by atoms with van der Waals surface area (Å²) in [5.41, 5.74) is 0.396. The molecule has 2 atom stereocenters. The van der Waals surface area contributed by atoms with Gasteiger partial charge in [0.2, 0.25) is 10.0 Å². The first-order chi connectivity index (χ1) is 15.0. The standard InChI is InChI=1S/C22H25F3N2O4S/c1-31-21(28)27-12-6-11-19(26-32(2,29)30)20(27)14-15-7-5-8-16(13-15)17-9-3-4-10-18(17)22(23,24)25/h3-5,7-10,13,19-20,26H,6,11-12,14H2,1-2H3/t19-,20-/m1/s1. The van der Waals surface area contributed by atoms with Crippen molar-refractivity contribution in [3.05, 3.63) is 59.7 Å². The number of alkyl halides is 3. The van der Waals surface area contributed by atoms with Gasteiger partial charge in [-0.2, -0.15) is 13.2 Å². The van der Waals surface area contributed by atoms with Gasteiger partial charge in [-0.1, -0.05) is 42.5 Å². The second-order valence-electron chi connectivity index (χ2n) is 7.82. The lowest BCUT2D eigenvalue weighted by molar-refractivity contribution is -0.137. The highest BCUT2D eigenvalue weighted by molar-refractivity contribution is 7.88. The van der Waals surface area contributed by atoms with E-state index < -0.39 is 39.9 Å². The van der Waals surface area contributed by atoms with Gasteiger partial charge in [-0.25, -0.2) is 17.9 Å². The Kier molecular flexibility index (Phi) is 7.14. The van der Waals surface area contributed by atoms with Crippen LogP contribution < -0.4 is 4.72 Å². The molecule has 0 bridgehead atoms. The van der Waals surface area contributed by atoms with Crippen molar-refractivity contribution in [3.8, 4) is 11.1 Å². The van der Waals surface area contributed by atoms with Crippen LogP contribution in [0.5, 0.6) is 0 Å². The number of hydrogen-bond donors (Lipinski definition) is 1. The minimum Gasteiger partial charge on any atom is -0.453 e. The third-order valence-electron chi connectivity index (χ3n) is 5.47. The van der Waals surface area contributed by atoms with Crippen molar-refractivity contribution in [2.24, 2.45) is 0 Å². The maximum atomic E-state index is 13.5. The van der Waals surface area contributed by atoms with E-state index in [0.29, 0.717) is 30.5 Å². The SMILES string of the molecule is COC(=O)N1CCC[C@@H](NS(C)(=O)=O)[C@H]1Cc1cccc(-c2ccccc2C(F)(F)F)c1. The predicted molar refractivity (Wildman–Crippen MR) is 114 cm³/mol. The molecule has 0 saturated carbocycles. The summed E-state index contributed by atoms with van der Waals surface area (Å²) in [4.78, 5) is 13.8. The summed E-state index contributed by atoms with van der Waals surface area (Å²) >= 11 is 0. The summed E-state index contributed by atoms with van der Waals surface area (Å²) in [6.45, 7) is 0.399. The smallest absolute Gasteiger partial charge is 0.417 e. The number of nitrogens with one attached hydrogen (secondary N) is 1. The molecule has 2 aromatic carbocycles. The number of amides is 1. The lowest BCUT2D eigenvalue weighted by atomic mass is 9.90. The maximum absolute atomic E-state index is 13.5. The first kappa shape index (κ1) is 24.1. The van der Waals surface area contributed by atoms with E-state index in [1.54, 1.807) is 30.3 Å². The third kappa shape index (κ3) is 5.80. The van der Waals surface area contributed by atoms with Gasteiger partial charge in [0, 0.05) is 12.6 Å². The van der Waals surface area contributed by atoms with E-state index in [9.17, 15) is 26.4 Å².